The number of nitrogens with one attached hydrogen (secondary N) is 2. The summed E-state index contributed by atoms with van der Waals surface area (Å²) in [4.78, 5) is 0. The molecule has 94 valence electrons. The molecular weight excluding hydrogens is 239 g/mol. The molecular formula is C13H18ClFN2. The van der Waals surface area contributed by atoms with Gasteiger partial charge in [0.2, 0.25) is 0 Å². The van der Waals surface area contributed by atoms with Crippen LogP contribution < -0.4 is 10.6 Å². The van der Waals surface area contributed by atoms with Crippen molar-refractivity contribution < 1.29 is 4.39 Å². The van der Waals surface area contributed by atoms with Crippen LogP contribution in [0.25, 0.3) is 0 Å². The second-order valence-electron chi connectivity index (χ2n) is 4.58. The Balaban J connectivity index is 1.79. The van der Waals surface area contributed by atoms with Crippen LogP contribution >= 0.6 is 11.6 Å². The van der Waals surface area contributed by atoms with E-state index in [0.29, 0.717) is 23.0 Å². The summed E-state index contributed by atoms with van der Waals surface area (Å²) in [5, 5.41) is 7.26. The first kappa shape index (κ1) is 12.8. The SMILES string of the molecule is Fc1ccc(Cl)cc1CNCC1CCCNC1. The minimum atomic E-state index is -0.191. The Morgan fingerprint density at radius 1 is 1.47 bits per heavy atom. The molecule has 1 unspecified atom stereocenters. The van der Waals surface area contributed by atoms with E-state index < -0.39 is 0 Å². The summed E-state index contributed by atoms with van der Waals surface area (Å²) in [5.41, 5.74) is 0.640. The second-order valence-corrected chi connectivity index (χ2v) is 5.02. The Labute approximate surface area is 107 Å². The Hall–Kier alpha value is -0.640. The Bertz CT molecular complexity index is 364. The van der Waals surface area contributed by atoms with Crippen LogP contribution in [0, 0.1) is 11.7 Å². The van der Waals surface area contributed by atoms with Gasteiger partial charge in [-0.25, -0.2) is 4.39 Å². The average molecular weight is 257 g/mol. The Kier molecular flexibility index (Phi) is 4.77. The van der Waals surface area contributed by atoms with Crippen molar-refractivity contribution in [2.75, 3.05) is 19.6 Å². The Morgan fingerprint density at radius 3 is 3.12 bits per heavy atom. The first-order valence-electron chi connectivity index (χ1n) is 6.11. The monoisotopic (exact) mass is 256 g/mol. The molecule has 1 atom stereocenters. The van der Waals surface area contributed by atoms with E-state index in [-0.39, 0.29) is 5.82 Å². The van der Waals surface area contributed by atoms with Gasteiger partial charge in [0.15, 0.2) is 0 Å². The Morgan fingerprint density at radius 2 is 2.35 bits per heavy atom. The van der Waals surface area contributed by atoms with E-state index in [0.717, 1.165) is 19.6 Å². The minimum Gasteiger partial charge on any atom is -0.316 e. The number of hydrogen-bond donors (Lipinski definition) is 2. The van der Waals surface area contributed by atoms with Crippen LogP contribution in [0.5, 0.6) is 0 Å². The molecule has 0 aromatic heterocycles. The van der Waals surface area contributed by atoms with Crippen molar-refractivity contribution >= 4 is 11.6 Å². The lowest BCUT2D eigenvalue weighted by molar-refractivity contribution is 0.359. The first-order chi connectivity index (χ1) is 8.25. The van der Waals surface area contributed by atoms with Crippen LogP contribution in [0.4, 0.5) is 4.39 Å². The van der Waals surface area contributed by atoms with Gasteiger partial charge in [0, 0.05) is 17.1 Å². The first-order valence-corrected chi connectivity index (χ1v) is 6.49. The largest absolute Gasteiger partial charge is 0.316 e. The molecule has 1 aromatic rings. The lowest BCUT2D eigenvalue weighted by Gasteiger charge is -2.23. The summed E-state index contributed by atoms with van der Waals surface area (Å²) in [6.45, 7) is 3.66. The summed E-state index contributed by atoms with van der Waals surface area (Å²) in [7, 11) is 0. The highest BCUT2D eigenvalue weighted by Crippen LogP contribution is 2.15. The molecule has 17 heavy (non-hydrogen) atoms. The predicted molar refractivity (Wildman–Crippen MR) is 68.7 cm³/mol. The van der Waals surface area contributed by atoms with E-state index in [1.807, 2.05) is 0 Å². The molecule has 2 nitrogen and oxygen atoms in total. The number of rotatable bonds is 4. The maximum atomic E-state index is 13.4. The van der Waals surface area contributed by atoms with Crippen LogP contribution in [0.15, 0.2) is 18.2 Å². The van der Waals surface area contributed by atoms with E-state index in [1.54, 1.807) is 12.1 Å². The molecule has 4 heteroatoms. The fourth-order valence-corrected chi connectivity index (χ4v) is 2.38. The molecule has 2 rings (SSSR count). The molecule has 1 heterocycles. The summed E-state index contributed by atoms with van der Waals surface area (Å²) in [6, 6.07) is 4.68. The molecule has 1 aliphatic rings. The van der Waals surface area contributed by atoms with E-state index >= 15 is 0 Å². The summed E-state index contributed by atoms with van der Waals surface area (Å²) < 4.78 is 13.4. The average Bonchev–Trinajstić information content (AvgIpc) is 2.35. The quantitative estimate of drug-likeness (QED) is 0.865. The van der Waals surface area contributed by atoms with Crippen molar-refractivity contribution in [2.24, 2.45) is 5.92 Å². The molecule has 2 N–H and O–H groups in total. The van der Waals surface area contributed by atoms with Gasteiger partial charge >= 0.3 is 0 Å². The van der Waals surface area contributed by atoms with Crippen molar-refractivity contribution in [1.29, 1.82) is 0 Å². The number of piperidine rings is 1. The molecule has 1 aromatic carbocycles. The maximum Gasteiger partial charge on any atom is 0.127 e. The van der Waals surface area contributed by atoms with Gasteiger partial charge in [-0.2, -0.15) is 0 Å². The van der Waals surface area contributed by atoms with Crippen molar-refractivity contribution in [2.45, 2.75) is 19.4 Å². The van der Waals surface area contributed by atoms with E-state index in [1.165, 1.54) is 18.9 Å². The zero-order chi connectivity index (χ0) is 12.1. The van der Waals surface area contributed by atoms with Gasteiger partial charge < -0.3 is 10.6 Å². The van der Waals surface area contributed by atoms with Crippen LogP contribution in [0.1, 0.15) is 18.4 Å². The van der Waals surface area contributed by atoms with Gasteiger partial charge in [0.05, 0.1) is 0 Å². The summed E-state index contributed by atoms with van der Waals surface area (Å²) >= 11 is 5.84. The fourth-order valence-electron chi connectivity index (χ4n) is 2.19. The van der Waals surface area contributed by atoms with Gasteiger partial charge in [-0.15, -0.1) is 0 Å². The molecule has 0 saturated carbocycles. The molecule has 0 amide bonds. The molecule has 0 bridgehead atoms. The number of halogens is 2. The highest BCUT2D eigenvalue weighted by Gasteiger charge is 2.12. The van der Waals surface area contributed by atoms with E-state index in [9.17, 15) is 4.39 Å². The fraction of sp³-hybridized carbons (Fsp3) is 0.538. The zero-order valence-electron chi connectivity index (χ0n) is 9.81. The van der Waals surface area contributed by atoms with E-state index in [2.05, 4.69) is 10.6 Å². The summed E-state index contributed by atoms with van der Waals surface area (Å²) in [5.74, 6) is 0.467. The van der Waals surface area contributed by atoms with Crippen LogP contribution in [-0.4, -0.2) is 19.6 Å². The molecule has 1 aliphatic heterocycles. The number of benzene rings is 1. The third-order valence-corrected chi connectivity index (χ3v) is 3.39. The predicted octanol–water partition coefficient (Wildman–Crippen LogP) is 2.57. The minimum absolute atomic E-state index is 0.191. The molecule has 1 fully saturated rings. The van der Waals surface area contributed by atoms with Crippen molar-refractivity contribution in [3.63, 3.8) is 0 Å². The highest BCUT2D eigenvalue weighted by molar-refractivity contribution is 6.30. The maximum absolute atomic E-state index is 13.4. The molecule has 0 radical (unpaired) electrons. The molecule has 0 aliphatic carbocycles. The lowest BCUT2D eigenvalue weighted by Crippen LogP contribution is -2.35. The summed E-state index contributed by atoms with van der Waals surface area (Å²) in [6.07, 6.45) is 2.48. The second kappa shape index (κ2) is 6.34. The smallest absolute Gasteiger partial charge is 0.127 e. The zero-order valence-corrected chi connectivity index (χ0v) is 10.6. The van der Waals surface area contributed by atoms with Crippen molar-refractivity contribution in [1.82, 2.24) is 10.6 Å². The van der Waals surface area contributed by atoms with Crippen LogP contribution in [-0.2, 0) is 6.54 Å². The van der Waals surface area contributed by atoms with Crippen molar-refractivity contribution in [3.05, 3.63) is 34.6 Å². The highest BCUT2D eigenvalue weighted by atomic mass is 35.5. The standard InChI is InChI=1S/C13H18ClFN2/c14-12-3-4-13(15)11(6-12)9-17-8-10-2-1-5-16-7-10/h3-4,6,10,16-17H,1-2,5,7-9H2. The third-order valence-electron chi connectivity index (χ3n) is 3.16. The van der Waals surface area contributed by atoms with E-state index in [4.69, 9.17) is 11.6 Å². The normalized spacial score (nSPS) is 20.5. The van der Waals surface area contributed by atoms with Crippen LogP contribution in [0.3, 0.4) is 0 Å². The topological polar surface area (TPSA) is 24.1 Å². The lowest BCUT2D eigenvalue weighted by atomic mass is 10.00. The third kappa shape index (κ3) is 3.95. The van der Waals surface area contributed by atoms with Gasteiger partial charge in [-0.05, 0) is 56.6 Å². The van der Waals surface area contributed by atoms with Gasteiger partial charge in [0.1, 0.15) is 5.82 Å². The molecule has 0 spiro atoms. The van der Waals surface area contributed by atoms with Crippen molar-refractivity contribution in [3.8, 4) is 0 Å². The van der Waals surface area contributed by atoms with Gasteiger partial charge in [0.25, 0.3) is 0 Å². The van der Waals surface area contributed by atoms with Gasteiger partial charge in [-0.1, -0.05) is 11.6 Å². The van der Waals surface area contributed by atoms with Crippen LogP contribution in [0.2, 0.25) is 5.02 Å². The number of hydrogen-bond acceptors (Lipinski definition) is 2. The van der Waals surface area contributed by atoms with Gasteiger partial charge in [-0.3, -0.25) is 0 Å². The molecule has 1 saturated heterocycles.